The Morgan fingerprint density at radius 3 is 2.62 bits per heavy atom. The predicted molar refractivity (Wildman–Crippen MR) is 51.3 cm³/mol. The van der Waals surface area contributed by atoms with Crippen molar-refractivity contribution in [3.8, 4) is 0 Å². The van der Waals surface area contributed by atoms with E-state index in [1.807, 2.05) is 13.8 Å². The van der Waals surface area contributed by atoms with Crippen LogP contribution >= 0.6 is 0 Å². The van der Waals surface area contributed by atoms with Gasteiger partial charge in [-0.2, -0.15) is 0 Å². The van der Waals surface area contributed by atoms with Crippen LogP contribution in [0.25, 0.3) is 0 Å². The number of rotatable bonds is 6. The summed E-state index contributed by atoms with van der Waals surface area (Å²) in [6.45, 7) is 3.84. The topological polar surface area (TPSA) is 35.5 Å². The molecule has 0 aliphatic carbocycles. The SMILES string of the molecule is CCCC(=O)/C=C(\[O][Pb])C(C)OC. The minimum atomic E-state index is -0.127. The zero-order chi connectivity index (χ0) is 10.3. The summed E-state index contributed by atoms with van der Waals surface area (Å²) >= 11 is 0.584. The van der Waals surface area contributed by atoms with Crippen molar-refractivity contribution < 1.29 is 12.2 Å². The van der Waals surface area contributed by atoms with E-state index in [0.717, 1.165) is 6.42 Å². The summed E-state index contributed by atoms with van der Waals surface area (Å²) < 4.78 is 10.2. The number of methoxy groups -OCH3 is 1. The van der Waals surface area contributed by atoms with Gasteiger partial charge in [-0.15, -0.1) is 0 Å². The van der Waals surface area contributed by atoms with Crippen molar-refractivity contribution in [2.45, 2.75) is 32.8 Å². The predicted octanol–water partition coefficient (Wildman–Crippen LogP) is 1.37. The second kappa shape index (κ2) is 7.49. The van der Waals surface area contributed by atoms with E-state index in [2.05, 4.69) is 0 Å². The summed E-state index contributed by atoms with van der Waals surface area (Å²) in [7, 11) is 1.60. The number of ketones is 1. The number of hydrogen-bond donors (Lipinski definition) is 0. The van der Waals surface area contributed by atoms with Crippen molar-refractivity contribution in [1.29, 1.82) is 0 Å². The van der Waals surface area contributed by atoms with Gasteiger partial charge >= 0.3 is 96.0 Å². The summed E-state index contributed by atoms with van der Waals surface area (Å²) in [5.74, 6) is 0.755. The molecule has 0 saturated carbocycles. The third kappa shape index (κ3) is 5.41. The Kier molecular flexibility index (Phi) is 7.54. The second-order valence-corrected chi connectivity index (χ2v) is 3.54. The first-order valence-corrected chi connectivity index (χ1v) is 5.85. The zero-order valence-corrected chi connectivity index (χ0v) is 12.2. The molecule has 13 heavy (non-hydrogen) atoms. The molecular weight excluding hydrogens is 363 g/mol. The third-order valence-corrected chi connectivity index (χ3v) is 2.59. The van der Waals surface area contributed by atoms with Gasteiger partial charge in [0.05, 0.1) is 0 Å². The van der Waals surface area contributed by atoms with E-state index < -0.39 is 0 Å². The number of ether oxygens (including phenoxy) is 1. The summed E-state index contributed by atoms with van der Waals surface area (Å²) in [5.41, 5.74) is 0. The fourth-order valence-corrected chi connectivity index (χ4v) is 1.70. The van der Waals surface area contributed by atoms with Crippen LogP contribution in [0.2, 0.25) is 0 Å². The molecule has 0 saturated heterocycles. The molecule has 4 heteroatoms. The quantitative estimate of drug-likeness (QED) is 0.398. The van der Waals surface area contributed by atoms with E-state index in [1.165, 1.54) is 0 Å². The average molecular weight is 378 g/mol. The summed E-state index contributed by atoms with van der Waals surface area (Å²) in [5, 5.41) is 0. The van der Waals surface area contributed by atoms with Gasteiger partial charge in [-0.05, 0) is 0 Å². The van der Waals surface area contributed by atoms with E-state index in [1.54, 1.807) is 13.2 Å². The van der Waals surface area contributed by atoms with Crippen LogP contribution in [-0.2, 0) is 12.2 Å². The second-order valence-electron chi connectivity index (χ2n) is 2.74. The van der Waals surface area contributed by atoms with E-state index in [9.17, 15) is 4.79 Å². The fourth-order valence-electron chi connectivity index (χ4n) is 0.823. The molecule has 0 bridgehead atoms. The Balaban J connectivity index is 4.28. The van der Waals surface area contributed by atoms with Crippen molar-refractivity contribution in [3.63, 3.8) is 0 Å². The Bertz CT molecular complexity index is 189. The number of carbonyl (C=O) groups excluding carboxylic acids is 1. The summed E-state index contributed by atoms with van der Waals surface area (Å²) in [6.07, 6.45) is 2.86. The normalized spacial score (nSPS) is 14.0. The summed E-state index contributed by atoms with van der Waals surface area (Å²) in [4.78, 5) is 11.2. The first-order valence-electron chi connectivity index (χ1n) is 4.26. The van der Waals surface area contributed by atoms with Crippen LogP contribution < -0.4 is 0 Å². The standard InChI is InChI=1S/C9H16O3.Pb/c1-4-5-8(10)6-9(11)7(2)12-3;/h6-7,11H,4-5H2,1-3H3;/q;+1/p-1/b9-6-;. The Hall–Kier alpha value is 0.0921. The molecule has 0 fully saturated rings. The van der Waals surface area contributed by atoms with Gasteiger partial charge < -0.3 is 0 Å². The number of allylic oxidation sites excluding steroid dienone is 1. The first-order chi connectivity index (χ1) is 6.15. The Morgan fingerprint density at radius 1 is 1.62 bits per heavy atom. The molecule has 1 atom stereocenters. The first kappa shape index (κ1) is 13.1. The zero-order valence-electron chi connectivity index (χ0n) is 8.29. The van der Waals surface area contributed by atoms with Gasteiger partial charge in [0.25, 0.3) is 0 Å². The van der Waals surface area contributed by atoms with E-state index in [-0.39, 0.29) is 11.9 Å². The third-order valence-electron chi connectivity index (χ3n) is 1.67. The van der Waals surface area contributed by atoms with Gasteiger partial charge in [-0.1, -0.05) is 0 Å². The van der Waals surface area contributed by atoms with Gasteiger partial charge in [-0.25, -0.2) is 0 Å². The molecule has 0 heterocycles. The van der Waals surface area contributed by atoms with Gasteiger partial charge in [0, 0.05) is 0 Å². The molecule has 0 aromatic heterocycles. The monoisotopic (exact) mass is 379 g/mol. The maximum absolute atomic E-state index is 11.2. The molecule has 3 nitrogen and oxygen atoms in total. The van der Waals surface area contributed by atoms with E-state index in [4.69, 9.17) is 7.42 Å². The Morgan fingerprint density at radius 2 is 2.23 bits per heavy atom. The van der Waals surface area contributed by atoms with Gasteiger partial charge in [0.1, 0.15) is 0 Å². The molecule has 0 N–H and O–H groups in total. The van der Waals surface area contributed by atoms with Crippen LogP contribution in [0.5, 0.6) is 0 Å². The van der Waals surface area contributed by atoms with Crippen molar-refractivity contribution >= 4 is 32.0 Å². The van der Waals surface area contributed by atoms with Gasteiger partial charge in [-0.3, -0.25) is 0 Å². The molecule has 0 aromatic rings. The maximum atomic E-state index is 11.2. The molecular formula is C9H15O3Pb. The van der Waals surface area contributed by atoms with Crippen LogP contribution in [0.3, 0.4) is 0 Å². The molecule has 0 aliphatic heterocycles. The molecule has 0 rings (SSSR count). The molecule has 1 unspecified atom stereocenters. The van der Waals surface area contributed by atoms with Crippen molar-refractivity contribution in [1.82, 2.24) is 0 Å². The fraction of sp³-hybridized carbons (Fsp3) is 0.667. The average Bonchev–Trinajstić information content (AvgIpc) is 2.13. The van der Waals surface area contributed by atoms with Crippen molar-refractivity contribution in [3.05, 3.63) is 11.8 Å². The van der Waals surface area contributed by atoms with Gasteiger partial charge in [0.15, 0.2) is 0 Å². The van der Waals surface area contributed by atoms with E-state index >= 15 is 0 Å². The van der Waals surface area contributed by atoms with Crippen molar-refractivity contribution in [2.75, 3.05) is 7.11 Å². The number of hydrogen-bond acceptors (Lipinski definition) is 3. The molecule has 0 aromatic carbocycles. The molecule has 3 radical (unpaired) electrons. The Labute approximate surface area is 95.8 Å². The van der Waals surface area contributed by atoms with E-state index in [0.29, 0.717) is 38.4 Å². The van der Waals surface area contributed by atoms with Crippen LogP contribution in [-0.4, -0.2) is 45.2 Å². The van der Waals surface area contributed by atoms with Gasteiger partial charge in [0.2, 0.25) is 0 Å². The van der Waals surface area contributed by atoms with Crippen molar-refractivity contribution in [2.24, 2.45) is 0 Å². The van der Waals surface area contributed by atoms with Crippen LogP contribution in [0, 0.1) is 0 Å². The molecule has 0 amide bonds. The summed E-state index contributed by atoms with van der Waals surface area (Å²) in [6, 6.07) is 0. The molecule has 0 spiro atoms. The molecule has 73 valence electrons. The number of carbonyl (C=O) groups is 1. The molecule has 0 aliphatic rings. The van der Waals surface area contributed by atoms with Crippen LogP contribution in [0.1, 0.15) is 26.7 Å². The van der Waals surface area contributed by atoms with Crippen LogP contribution in [0.15, 0.2) is 11.8 Å². The minimum absolute atomic E-state index is 0.109. The van der Waals surface area contributed by atoms with Crippen LogP contribution in [0.4, 0.5) is 0 Å².